The molecule has 0 fully saturated rings. The summed E-state index contributed by atoms with van der Waals surface area (Å²) in [6.07, 6.45) is -0.187. The molecule has 0 amide bonds. The summed E-state index contributed by atoms with van der Waals surface area (Å²) in [4.78, 5) is 0. The van der Waals surface area contributed by atoms with Gasteiger partial charge in [0.2, 0.25) is 0 Å². The normalized spacial score (nSPS) is 12.4. The quantitative estimate of drug-likeness (QED) is 0.886. The van der Waals surface area contributed by atoms with E-state index in [1.165, 1.54) is 17.7 Å². The third-order valence-electron chi connectivity index (χ3n) is 2.88. The fraction of sp³-hybridized carbons (Fsp3) is 0.200. The molecule has 0 aliphatic carbocycles. The average molecular weight is 265 g/mol. The van der Waals surface area contributed by atoms with Crippen molar-refractivity contribution in [2.24, 2.45) is 0 Å². The first-order chi connectivity index (χ1) is 8.56. The lowest BCUT2D eigenvalue weighted by atomic mass is 10.0. The van der Waals surface area contributed by atoms with Crippen LogP contribution in [-0.2, 0) is 6.42 Å². The van der Waals surface area contributed by atoms with Crippen LogP contribution in [0.2, 0.25) is 5.02 Å². The van der Waals surface area contributed by atoms with Crippen molar-refractivity contribution in [2.75, 3.05) is 0 Å². The number of rotatable bonds is 3. The second kappa shape index (κ2) is 5.51. The molecule has 0 saturated heterocycles. The number of hydrogen-bond donors (Lipinski definition) is 1. The molecule has 0 spiro atoms. The SMILES string of the molecule is Cc1ccc(CC(O)c2ccc(F)c(Cl)c2)cc1. The van der Waals surface area contributed by atoms with Crippen LogP contribution in [0.3, 0.4) is 0 Å². The van der Waals surface area contributed by atoms with Crippen LogP contribution < -0.4 is 0 Å². The van der Waals surface area contributed by atoms with Crippen LogP contribution in [0, 0.1) is 12.7 Å². The molecular weight excluding hydrogens is 251 g/mol. The molecule has 3 heteroatoms. The molecule has 2 aromatic rings. The van der Waals surface area contributed by atoms with E-state index in [2.05, 4.69) is 0 Å². The highest BCUT2D eigenvalue weighted by Crippen LogP contribution is 2.23. The lowest BCUT2D eigenvalue weighted by molar-refractivity contribution is 0.178. The highest BCUT2D eigenvalue weighted by atomic mass is 35.5. The number of aliphatic hydroxyl groups is 1. The molecule has 1 N–H and O–H groups in total. The van der Waals surface area contributed by atoms with Crippen molar-refractivity contribution in [3.8, 4) is 0 Å². The van der Waals surface area contributed by atoms with Gasteiger partial charge in [0.05, 0.1) is 11.1 Å². The van der Waals surface area contributed by atoms with Gasteiger partial charge in [-0.2, -0.15) is 0 Å². The zero-order valence-electron chi connectivity index (χ0n) is 10.0. The minimum Gasteiger partial charge on any atom is -0.388 e. The fourth-order valence-corrected chi connectivity index (χ4v) is 1.97. The average Bonchev–Trinajstić information content (AvgIpc) is 2.35. The Labute approximate surface area is 111 Å². The number of benzene rings is 2. The van der Waals surface area contributed by atoms with Gasteiger partial charge in [-0.05, 0) is 30.2 Å². The highest BCUT2D eigenvalue weighted by molar-refractivity contribution is 6.30. The molecule has 1 nitrogen and oxygen atoms in total. The van der Waals surface area contributed by atoms with E-state index in [1.54, 1.807) is 6.07 Å². The number of halogens is 2. The van der Waals surface area contributed by atoms with E-state index >= 15 is 0 Å². The van der Waals surface area contributed by atoms with Crippen LogP contribution >= 0.6 is 11.6 Å². The Balaban J connectivity index is 2.13. The van der Waals surface area contributed by atoms with Gasteiger partial charge in [-0.15, -0.1) is 0 Å². The summed E-state index contributed by atoms with van der Waals surface area (Å²) in [5.41, 5.74) is 2.84. The van der Waals surface area contributed by atoms with Crippen LogP contribution in [0.1, 0.15) is 22.8 Å². The largest absolute Gasteiger partial charge is 0.388 e. The maximum Gasteiger partial charge on any atom is 0.141 e. The zero-order chi connectivity index (χ0) is 13.1. The Morgan fingerprint density at radius 2 is 1.83 bits per heavy atom. The molecule has 2 aromatic carbocycles. The first-order valence-electron chi connectivity index (χ1n) is 5.75. The minimum atomic E-state index is -0.675. The summed E-state index contributed by atoms with van der Waals surface area (Å²) >= 11 is 5.70. The summed E-state index contributed by atoms with van der Waals surface area (Å²) < 4.78 is 13.0. The number of aryl methyl sites for hydroxylation is 1. The van der Waals surface area contributed by atoms with Crippen LogP contribution in [0.25, 0.3) is 0 Å². The smallest absolute Gasteiger partial charge is 0.141 e. The van der Waals surface area contributed by atoms with Crippen molar-refractivity contribution in [3.63, 3.8) is 0 Å². The van der Waals surface area contributed by atoms with Gasteiger partial charge in [-0.1, -0.05) is 47.5 Å². The maximum absolute atomic E-state index is 13.0. The Morgan fingerprint density at radius 3 is 2.44 bits per heavy atom. The molecule has 18 heavy (non-hydrogen) atoms. The standard InChI is InChI=1S/C15H14ClFO/c1-10-2-4-11(5-3-10)8-15(18)12-6-7-14(17)13(16)9-12/h2-7,9,15,18H,8H2,1H3. The Bertz CT molecular complexity index is 537. The summed E-state index contributed by atoms with van der Waals surface area (Å²) in [7, 11) is 0. The molecule has 0 aromatic heterocycles. The van der Waals surface area contributed by atoms with Gasteiger partial charge in [0.1, 0.15) is 5.82 Å². The van der Waals surface area contributed by atoms with Crippen molar-refractivity contribution in [1.82, 2.24) is 0 Å². The Morgan fingerprint density at radius 1 is 1.17 bits per heavy atom. The van der Waals surface area contributed by atoms with Gasteiger partial charge in [0.15, 0.2) is 0 Å². The second-order valence-electron chi connectivity index (χ2n) is 4.38. The lowest BCUT2D eigenvalue weighted by Gasteiger charge is -2.12. The van der Waals surface area contributed by atoms with Gasteiger partial charge in [0, 0.05) is 6.42 Å². The molecule has 1 unspecified atom stereocenters. The van der Waals surface area contributed by atoms with Gasteiger partial charge in [-0.25, -0.2) is 4.39 Å². The third kappa shape index (κ3) is 3.09. The predicted octanol–water partition coefficient (Wildman–Crippen LogP) is 4.06. The topological polar surface area (TPSA) is 20.2 Å². The molecule has 1 atom stereocenters. The molecule has 94 valence electrons. The van der Waals surface area contributed by atoms with E-state index < -0.39 is 11.9 Å². The van der Waals surface area contributed by atoms with Gasteiger partial charge in [-0.3, -0.25) is 0 Å². The predicted molar refractivity (Wildman–Crippen MR) is 71.3 cm³/mol. The zero-order valence-corrected chi connectivity index (χ0v) is 10.8. The molecule has 0 aliphatic heterocycles. The molecule has 0 aliphatic rings. The van der Waals surface area contributed by atoms with Gasteiger partial charge >= 0.3 is 0 Å². The van der Waals surface area contributed by atoms with Crippen LogP contribution in [0.4, 0.5) is 4.39 Å². The first kappa shape index (κ1) is 13.1. The van der Waals surface area contributed by atoms with E-state index in [0.29, 0.717) is 12.0 Å². The van der Waals surface area contributed by atoms with Gasteiger partial charge < -0.3 is 5.11 Å². The van der Waals surface area contributed by atoms with E-state index in [9.17, 15) is 9.50 Å². The van der Waals surface area contributed by atoms with E-state index in [1.807, 2.05) is 31.2 Å². The molecule has 0 saturated carbocycles. The van der Waals surface area contributed by atoms with Crippen molar-refractivity contribution in [2.45, 2.75) is 19.4 Å². The van der Waals surface area contributed by atoms with Crippen LogP contribution in [-0.4, -0.2) is 5.11 Å². The molecule has 0 bridgehead atoms. The third-order valence-corrected chi connectivity index (χ3v) is 3.17. The summed E-state index contributed by atoms with van der Waals surface area (Å²) in [6, 6.07) is 12.2. The Hall–Kier alpha value is -1.38. The second-order valence-corrected chi connectivity index (χ2v) is 4.79. The number of aliphatic hydroxyl groups excluding tert-OH is 1. The Kier molecular flexibility index (Phi) is 4.00. The number of hydrogen-bond acceptors (Lipinski definition) is 1. The molecule has 0 heterocycles. The highest BCUT2D eigenvalue weighted by Gasteiger charge is 2.10. The summed E-state index contributed by atoms with van der Waals surface area (Å²) in [5.74, 6) is -0.469. The molecule has 0 radical (unpaired) electrons. The van der Waals surface area contributed by atoms with E-state index in [4.69, 9.17) is 11.6 Å². The molecule has 2 rings (SSSR count). The lowest BCUT2D eigenvalue weighted by Crippen LogP contribution is -2.02. The van der Waals surface area contributed by atoms with Crippen molar-refractivity contribution in [3.05, 3.63) is 70.0 Å². The van der Waals surface area contributed by atoms with Crippen molar-refractivity contribution >= 4 is 11.6 Å². The van der Waals surface area contributed by atoms with E-state index in [-0.39, 0.29) is 5.02 Å². The fourth-order valence-electron chi connectivity index (χ4n) is 1.78. The van der Waals surface area contributed by atoms with Gasteiger partial charge in [0.25, 0.3) is 0 Å². The van der Waals surface area contributed by atoms with Crippen LogP contribution in [0.15, 0.2) is 42.5 Å². The van der Waals surface area contributed by atoms with E-state index in [0.717, 1.165) is 5.56 Å². The first-order valence-corrected chi connectivity index (χ1v) is 6.12. The van der Waals surface area contributed by atoms with Crippen molar-refractivity contribution < 1.29 is 9.50 Å². The summed E-state index contributed by atoms with van der Waals surface area (Å²) in [6.45, 7) is 2.01. The molecular formula is C15H14ClFO. The maximum atomic E-state index is 13.0. The minimum absolute atomic E-state index is 0.0375. The summed E-state index contributed by atoms with van der Waals surface area (Å²) in [5, 5.41) is 10.1. The van der Waals surface area contributed by atoms with Crippen LogP contribution in [0.5, 0.6) is 0 Å². The van der Waals surface area contributed by atoms with Crippen molar-refractivity contribution in [1.29, 1.82) is 0 Å². The monoisotopic (exact) mass is 264 g/mol.